The first-order chi connectivity index (χ1) is 13.6. The molecule has 0 atom stereocenters. The fourth-order valence-electron chi connectivity index (χ4n) is 4.37. The van der Waals surface area contributed by atoms with Gasteiger partial charge in [-0.15, -0.1) is 0 Å². The lowest BCUT2D eigenvalue weighted by atomic mass is 9.93. The van der Waals surface area contributed by atoms with Gasteiger partial charge in [-0.1, -0.05) is 0 Å². The van der Waals surface area contributed by atoms with Gasteiger partial charge in [-0.3, -0.25) is 14.6 Å². The fourth-order valence-corrected chi connectivity index (χ4v) is 4.37. The number of carbonyl (C=O) groups is 1. The molecule has 2 saturated heterocycles. The van der Waals surface area contributed by atoms with E-state index in [1.807, 2.05) is 12.1 Å². The van der Waals surface area contributed by atoms with Crippen LogP contribution in [-0.2, 0) is 4.79 Å². The van der Waals surface area contributed by atoms with Gasteiger partial charge in [0.2, 0.25) is 0 Å². The topological polar surface area (TPSA) is 45.3 Å². The lowest BCUT2D eigenvalue weighted by Crippen LogP contribution is -2.47. The molecule has 6 heteroatoms. The van der Waals surface area contributed by atoms with Gasteiger partial charge in [-0.25, -0.2) is 0 Å². The summed E-state index contributed by atoms with van der Waals surface area (Å²) >= 11 is 0. The summed E-state index contributed by atoms with van der Waals surface area (Å²) in [6.07, 6.45) is 3.74. The molecular formula is C22H35N3O3. The van der Waals surface area contributed by atoms with Crippen LogP contribution in [0.4, 0.5) is 5.69 Å². The Morgan fingerprint density at radius 3 is 2.32 bits per heavy atom. The van der Waals surface area contributed by atoms with E-state index in [9.17, 15) is 4.79 Å². The molecule has 0 radical (unpaired) electrons. The van der Waals surface area contributed by atoms with Gasteiger partial charge in [0.15, 0.2) is 0 Å². The highest BCUT2D eigenvalue weighted by atomic mass is 16.5. The number of rotatable bonds is 8. The van der Waals surface area contributed by atoms with E-state index in [2.05, 4.69) is 20.8 Å². The van der Waals surface area contributed by atoms with E-state index in [1.165, 1.54) is 25.8 Å². The number of benzene rings is 1. The maximum Gasteiger partial charge on any atom is 0.143 e. The summed E-state index contributed by atoms with van der Waals surface area (Å²) < 4.78 is 10.9. The largest absolute Gasteiger partial charge is 0.497 e. The number of ether oxygens (including phenoxy) is 2. The molecule has 0 saturated carbocycles. The van der Waals surface area contributed by atoms with Crippen molar-refractivity contribution in [2.24, 2.45) is 5.92 Å². The molecule has 0 amide bonds. The number of hydrogen-bond donors (Lipinski definition) is 0. The molecule has 0 aliphatic carbocycles. The maximum atomic E-state index is 11.3. The van der Waals surface area contributed by atoms with Crippen molar-refractivity contribution >= 4 is 11.5 Å². The first-order valence-corrected chi connectivity index (χ1v) is 10.5. The quantitative estimate of drug-likeness (QED) is 0.681. The molecule has 156 valence electrons. The van der Waals surface area contributed by atoms with Crippen molar-refractivity contribution < 1.29 is 14.3 Å². The third-order valence-corrected chi connectivity index (χ3v) is 6.11. The number of methoxy groups -OCH3 is 2. The number of piperidine rings is 1. The van der Waals surface area contributed by atoms with Crippen LogP contribution in [0.1, 0.15) is 26.2 Å². The predicted molar refractivity (Wildman–Crippen MR) is 113 cm³/mol. The summed E-state index contributed by atoms with van der Waals surface area (Å²) in [6.45, 7) is 9.85. The second-order valence-corrected chi connectivity index (χ2v) is 8.08. The summed E-state index contributed by atoms with van der Waals surface area (Å²) in [5, 5.41) is 0. The number of hydrogen-bond acceptors (Lipinski definition) is 6. The van der Waals surface area contributed by atoms with E-state index in [4.69, 9.17) is 9.47 Å². The zero-order valence-corrected chi connectivity index (χ0v) is 17.7. The third kappa shape index (κ3) is 5.61. The minimum atomic E-state index is 0.281. The van der Waals surface area contributed by atoms with Crippen LogP contribution in [0.3, 0.4) is 0 Å². The van der Waals surface area contributed by atoms with Crippen molar-refractivity contribution in [3.63, 3.8) is 0 Å². The Morgan fingerprint density at radius 1 is 1.00 bits per heavy atom. The van der Waals surface area contributed by atoms with Crippen molar-refractivity contribution in [1.82, 2.24) is 9.80 Å². The van der Waals surface area contributed by atoms with Crippen LogP contribution in [0.15, 0.2) is 18.2 Å². The van der Waals surface area contributed by atoms with Crippen molar-refractivity contribution in [2.45, 2.75) is 26.2 Å². The fraction of sp³-hybridized carbons (Fsp3) is 0.682. The minimum Gasteiger partial charge on any atom is -0.497 e. The van der Waals surface area contributed by atoms with Gasteiger partial charge in [-0.05, 0) is 63.9 Å². The SMILES string of the molecule is COc1ccc(OC)c(N2CCN(CCC3CCN(CC(C)=O)CC3)CC2)c1. The van der Waals surface area contributed by atoms with E-state index in [-0.39, 0.29) is 5.78 Å². The smallest absolute Gasteiger partial charge is 0.143 e. The Balaban J connectivity index is 1.42. The molecule has 6 nitrogen and oxygen atoms in total. The molecule has 3 rings (SSSR count). The number of likely N-dealkylation sites (tertiary alicyclic amines) is 1. The summed E-state index contributed by atoms with van der Waals surface area (Å²) in [6, 6.07) is 6.00. The van der Waals surface area contributed by atoms with Crippen molar-refractivity contribution in [2.75, 3.05) is 71.5 Å². The molecular weight excluding hydrogens is 354 g/mol. The van der Waals surface area contributed by atoms with Crippen LogP contribution in [-0.4, -0.2) is 82.2 Å². The average molecular weight is 390 g/mol. The zero-order chi connectivity index (χ0) is 19.9. The molecule has 0 N–H and O–H groups in total. The molecule has 0 spiro atoms. The van der Waals surface area contributed by atoms with Crippen LogP contribution < -0.4 is 14.4 Å². The van der Waals surface area contributed by atoms with Crippen LogP contribution in [0.25, 0.3) is 0 Å². The Bertz CT molecular complexity index is 636. The molecule has 1 aromatic carbocycles. The lowest BCUT2D eigenvalue weighted by Gasteiger charge is -2.38. The summed E-state index contributed by atoms with van der Waals surface area (Å²) in [7, 11) is 3.43. The highest BCUT2D eigenvalue weighted by Crippen LogP contribution is 2.33. The first-order valence-electron chi connectivity index (χ1n) is 10.5. The van der Waals surface area contributed by atoms with Gasteiger partial charge in [0.05, 0.1) is 26.5 Å². The molecule has 0 unspecified atom stereocenters. The number of piperazine rings is 1. The second-order valence-electron chi connectivity index (χ2n) is 8.08. The van der Waals surface area contributed by atoms with Crippen LogP contribution in [0.5, 0.6) is 11.5 Å². The van der Waals surface area contributed by atoms with E-state index < -0.39 is 0 Å². The monoisotopic (exact) mass is 389 g/mol. The Labute approximate surface area is 169 Å². The number of anilines is 1. The number of nitrogens with zero attached hydrogens (tertiary/aromatic N) is 3. The van der Waals surface area contributed by atoms with Crippen LogP contribution >= 0.6 is 0 Å². The van der Waals surface area contributed by atoms with Gasteiger partial charge in [0, 0.05) is 32.2 Å². The van der Waals surface area contributed by atoms with Crippen LogP contribution in [0.2, 0.25) is 0 Å². The number of Topliss-reactive ketones (excluding diaryl/α,β-unsaturated/α-hetero) is 1. The van der Waals surface area contributed by atoms with Gasteiger partial charge in [0.25, 0.3) is 0 Å². The summed E-state index contributed by atoms with van der Waals surface area (Å²) in [5.74, 6) is 2.87. The zero-order valence-electron chi connectivity index (χ0n) is 17.7. The van der Waals surface area contributed by atoms with E-state index in [0.717, 1.165) is 62.4 Å². The van der Waals surface area contributed by atoms with Crippen molar-refractivity contribution in [3.05, 3.63) is 18.2 Å². The number of ketones is 1. The second kappa shape index (κ2) is 10.1. The standard InChI is InChI=1S/C22H35N3O3/c1-18(26)17-24-10-7-19(8-11-24)6-9-23-12-14-25(15-13-23)21-16-20(27-2)4-5-22(21)28-3/h4-5,16,19H,6-15,17H2,1-3H3. The molecule has 0 bridgehead atoms. The van der Waals surface area contributed by atoms with Crippen molar-refractivity contribution in [1.29, 1.82) is 0 Å². The molecule has 28 heavy (non-hydrogen) atoms. The van der Waals surface area contributed by atoms with E-state index in [0.29, 0.717) is 6.54 Å². The van der Waals surface area contributed by atoms with Crippen LogP contribution in [0, 0.1) is 5.92 Å². The molecule has 2 aliphatic heterocycles. The third-order valence-electron chi connectivity index (χ3n) is 6.11. The molecule has 1 aromatic rings. The molecule has 2 heterocycles. The Morgan fingerprint density at radius 2 is 1.71 bits per heavy atom. The van der Waals surface area contributed by atoms with Gasteiger partial charge < -0.3 is 14.4 Å². The molecule has 0 aromatic heterocycles. The normalized spacial score (nSPS) is 19.6. The summed E-state index contributed by atoms with van der Waals surface area (Å²) in [4.78, 5) is 18.6. The highest BCUT2D eigenvalue weighted by molar-refractivity contribution is 5.77. The van der Waals surface area contributed by atoms with E-state index in [1.54, 1.807) is 21.1 Å². The predicted octanol–water partition coefficient (Wildman–Crippen LogP) is 2.52. The average Bonchev–Trinajstić information content (AvgIpc) is 2.73. The molecule has 2 fully saturated rings. The highest BCUT2D eigenvalue weighted by Gasteiger charge is 2.23. The lowest BCUT2D eigenvalue weighted by molar-refractivity contribution is -0.118. The molecule has 2 aliphatic rings. The summed E-state index contributed by atoms with van der Waals surface area (Å²) in [5.41, 5.74) is 1.12. The maximum absolute atomic E-state index is 11.3. The Hall–Kier alpha value is -1.79. The van der Waals surface area contributed by atoms with E-state index >= 15 is 0 Å². The Kier molecular flexibility index (Phi) is 7.57. The van der Waals surface area contributed by atoms with Gasteiger partial charge in [0.1, 0.15) is 17.3 Å². The van der Waals surface area contributed by atoms with Gasteiger partial charge in [-0.2, -0.15) is 0 Å². The minimum absolute atomic E-state index is 0.281. The van der Waals surface area contributed by atoms with Crippen molar-refractivity contribution in [3.8, 4) is 11.5 Å². The van der Waals surface area contributed by atoms with Gasteiger partial charge >= 0.3 is 0 Å². The number of carbonyl (C=O) groups excluding carboxylic acids is 1. The first kappa shape index (κ1) is 20.9.